The van der Waals surface area contributed by atoms with Crippen LogP contribution in [0, 0.1) is 17.0 Å². The average molecular weight is 251 g/mol. The molecule has 0 saturated carbocycles. The van der Waals surface area contributed by atoms with E-state index in [2.05, 4.69) is 10.6 Å². The second-order valence-corrected chi connectivity index (χ2v) is 4.13. The normalized spacial score (nSPS) is 11.9. The molecule has 0 radical (unpaired) electrons. The number of likely N-dealkylation sites (N-methyl/N-ethyl adjacent to an activating group) is 1. The molecule has 1 amide bonds. The van der Waals surface area contributed by atoms with Crippen molar-refractivity contribution in [2.24, 2.45) is 0 Å². The van der Waals surface area contributed by atoms with Gasteiger partial charge in [-0.05, 0) is 27.0 Å². The first-order valence-corrected chi connectivity index (χ1v) is 5.66. The van der Waals surface area contributed by atoms with E-state index in [9.17, 15) is 14.9 Å². The van der Waals surface area contributed by atoms with E-state index in [0.717, 1.165) is 0 Å². The standard InChI is InChI=1S/C12H17N3O3/c1-8-5-4-6-10(11(8)15(17)18)12(16)14-7-9(2)13-3/h4-6,9,13H,7H2,1-3H3,(H,14,16). The number of carbonyl (C=O) groups excluding carboxylic acids is 1. The molecule has 0 spiro atoms. The molecule has 1 rings (SSSR count). The summed E-state index contributed by atoms with van der Waals surface area (Å²) in [5.41, 5.74) is 0.449. The number of carbonyl (C=O) groups is 1. The maximum Gasteiger partial charge on any atom is 0.285 e. The topological polar surface area (TPSA) is 84.3 Å². The summed E-state index contributed by atoms with van der Waals surface area (Å²) in [6, 6.07) is 4.83. The number of nitro benzene ring substituents is 1. The van der Waals surface area contributed by atoms with Gasteiger partial charge in [-0.1, -0.05) is 12.1 Å². The molecule has 0 fully saturated rings. The first-order chi connectivity index (χ1) is 8.47. The van der Waals surface area contributed by atoms with E-state index in [0.29, 0.717) is 12.1 Å². The van der Waals surface area contributed by atoms with Gasteiger partial charge in [-0.15, -0.1) is 0 Å². The number of hydrogen-bond acceptors (Lipinski definition) is 4. The summed E-state index contributed by atoms with van der Waals surface area (Å²) in [7, 11) is 1.78. The zero-order valence-electron chi connectivity index (χ0n) is 10.7. The van der Waals surface area contributed by atoms with Crippen molar-refractivity contribution in [1.82, 2.24) is 10.6 Å². The fourth-order valence-corrected chi connectivity index (χ4v) is 1.53. The molecule has 0 heterocycles. The Bertz CT molecular complexity index is 460. The molecule has 0 aromatic heterocycles. The zero-order chi connectivity index (χ0) is 13.7. The molecular weight excluding hydrogens is 234 g/mol. The van der Waals surface area contributed by atoms with Crippen LogP contribution in [0.3, 0.4) is 0 Å². The molecule has 0 aliphatic carbocycles. The quantitative estimate of drug-likeness (QED) is 0.609. The van der Waals surface area contributed by atoms with Crippen molar-refractivity contribution in [3.63, 3.8) is 0 Å². The summed E-state index contributed by atoms with van der Waals surface area (Å²) < 4.78 is 0. The third kappa shape index (κ3) is 3.27. The van der Waals surface area contributed by atoms with Crippen LogP contribution in [0.5, 0.6) is 0 Å². The maximum absolute atomic E-state index is 11.9. The molecule has 0 saturated heterocycles. The van der Waals surface area contributed by atoms with Crippen LogP contribution in [-0.4, -0.2) is 30.5 Å². The number of nitro groups is 1. The monoisotopic (exact) mass is 251 g/mol. The van der Waals surface area contributed by atoms with Crippen LogP contribution < -0.4 is 10.6 Å². The molecule has 1 unspecified atom stereocenters. The molecule has 1 atom stereocenters. The van der Waals surface area contributed by atoms with Crippen LogP contribution in [0.1, 0.15) is 22.8 Å². The Morgan fingerprint density at radius 1 is 1.50 bits per heavy atom. The summed E-state index contributed by atoms with van der Waals surface area (Å²) in [6.45, 7) is 3.94. The molecule has 6 heteroatoms. The molecule has 0 bridgehead atoms. The number of hydrogen-bond donors (Lipinski definition) is 2. The van der Waals surface area contributed by atoms with Gasteiger partial charge in [0, 0.05) is 18.2 Å². The lowest BCUT2D eigenvalue weighted by atomic mass is 10.1. The van der Waals surface area contributed by atoms with E-state index < -0.39 is 10.8 Å². The molecule has 1 aromatic carbocycles. The highest BCUT2D eigenvalue weighted by Crippen LogP contribution is 2.22. The first-order valence-electron chi connectivity index (χ1n) is 5.66. The number of rotatable bonds is 5. The van der Waals surface area contributed by atoms with Crippen molar-refractivity contribution in [2.45, 2.75) is 19.9 Å². The highest BCUT2D eigenvalue weighted by molar-refractivity contribution is 5.98. The van der Waals surface area contributed by atoms with Gasteiger partial charge in [0.25, 0.3) is 11.6 Å². The van der Waals surface area contributed by atoms with Crippen LogP contribution in [0.4, 0.5) is 5.69 Å². The van der Waals surface area contributed by atoms with E-state index in [4.69, 9.17) is 0 Å². The Kier molecular flexibility index (Phi) is 4.79. The molecule has 18 heavy (non-hydrogen) atoms. The lowest BCUT2D eigenvalue weighted by Gasteiger charge is -2.11. The molecule has 6 nitrogen and oxygen atoms in total. The fraction of sp³-hybridized carbons (Fsp3) is 0.417. The average Bonchev–Trinajstić information content (AvgIpc) is 2.34. The highest BCUT2D eigenvalue weighted by Gasteiger charge is 2.22. The molecule has 98 valence electrons. The minimum absolute atomic E-state index is 0.100. The van der Waals surface area contributed by atoms with Crippen molar-refractivity contribution in [3.8, 4) is 0 Å². The molecule has 2 N–H and O–H groups in total. The van der Waals surface area contributed by atoms with Crippen molar-refractivity contribution in [1.29, 1.82) is 0 Å². The minimum Gasteiger partial charge on any atom is -0.350 e. The van der Waals surface area contributed by atoms with E-state index in [1.165, 1.54) is 6.07 Å². The Morgan fingerprint density at radius 3 is 2.72 bits per heavy atom. The number of nitrogens with zero attached hydrogens (tertiary/aromatic N) is 1. The number of amides is 1. The van der Waals surface area contributed by atoms with Gasteiger partial charge < -0.3 is 10.6 Å². The van der Waals surface area contributed by atoms with E-state index in [1.807, 2.05) is 6.92 Å². The van der Waals surface area contributed by atoms with E-state index in [-0.39, 0.29) is 17.3 Å². The van der Waals surface area contributed by atoms with Gasteiger partial charge in [-0.3, -0.25) is 14.9 Å². The summed E-state index contributed by atoms with van der Waals surface area (Å²) in [5, 5.41) is 16.6. The van der Waals surface area contributed by atoms with E-state index >= 15 is 0 Å². The second-order valence-electron chi connectivity index (χ2n) is 4.13. The molecule has 0 aliphatic rings. The lowest BCUT2D eigenvalue weighted by Crippen LogP contribution is -2.37. The van der Waals surface area contributed by atoms with Crippen molar-refractivity contribution >= 4 is 11.6 Å². The van der Waals surface area contributed by atoms with Gasteiger partial charge >= 0.3 is 0 Å². The van der Waals surface area contributed by atoms with Crippen LogP contribution >= 0.6 is 0 Å². The van der Waals surface area contributed by atoms with Gasteiger partial charge in [0.05, 0.1) is 4.92 Å². The van der Waals surface area contributed by atoms with Crippen molar-refractivity contribution in [2.75, 3.05) is 13.6 Å². The van der Waals surface area contributed by atoms with Gasteiger partial charge in [0.15, 0.2) is 0 Å². The van der Waals surface area contributed by atoms with Gasteiger partial charge in [-0.2, -0.15) is 0 Å². The van der Waals surface area contributed by atoms with Crippen molar-refractivity contribution < 1.29 is 9.72 Å². The molecular formula is C12H17N3O3. The number of aryl methyl sites for hydroxylation is 1. The fourth-order valence-electron chi connectivity index (χ4n) is 1.53. The summed E-state index contributed by atoms with van der Waals surface area (Å²) in [5.74, 6) is -0.424. The SMILES string of the molecule is CNC(C)CNC(=O)c1cccc(C)c1[N+](=O)[O-]. The van der Waals surface area contributed by atoms with Crippen LogP contribution in [0.25, 0.3) is 0 Å². The summed E-state index contributed by atoms with van der Waals surface area (Å²) >= 11 is 0. The Balaban J connectivity index is 2.92. The maximum atomic E-state index is 11.9. The molecule has 0 aliphatic heterocycles. The number of benzene rings is 1. The van der Waals surface area contributed by atoms with Crippen LogP contribution in [0.15, 0.2) is 18.2 Å². The van der Waals surface area contributed by atoms with Gasteiger partial charge in [0.2, 0.25) is 0 Å². The largest absolute Gasteiger partial charge is 0.350 e. The summed E-state index contributed by atoms with van der Waals surface area (Å²) in [6.07, 6.45) is 0. The predicted molar refractivity (Wildman–Crippen MR) is 68.7 cm³/mol. The molecule has 1 aromatic rings. The van der Waals surface area contributed by atoms with Crippen LogP contribution in [-0.2, 0) is 0 Å². The highest BCUT2D eigenvalue weighted by atomic mass is 16.6. The Labute approximate surface area is 106 Å². The zero-order valence-corrected chi connectivity index (χ0v) is 10.7. The third-order valence-corrected chi connectivity index (χ3v) is 2.73. The number of para-hydroxylation sites is 1. The second kappa shape index (κ2) is 6.11. The summed E-state index contributed by atoms with van der Waals surface area (Å²) in [4.78, 5) is 22.3. The van der Waals surface area contributed by atoms with Crippen molar-refractivity contribution in [3.05, 3.63) is 39.4 Å². The minimum atomic E-state index is -0.522. The van der Waals surface area contributed by atoms with Gasteiger partial charge in [-0.25, -0.2) is 0 Å². The number of nitrogens with one attached hydrogen (secondary N) is 2. The Hall–Kier alpha value is -1.95. The van der Waals surface area contributed by atoms with E-state index in [1.54, 1.807) is 26.1 Å². The third-order valence-electron chi connectivity index (χ3n) is 2.73. The lowest BCUT2D eigenvalue weighted by molar-refractivity contribution is -0.385. The van der Waals surface area contributed by atoms with Crippen LogP contribution in [0.2, 0.25) is 0 Å². The smallest absolute Gasteiger partial charge is 0.285 e. The van der Waals surface area contributed by atoms with Gasteiger partial charge in [0.1, 0.15) is 5.56 Å². The Morgan fingerprint density at radius 2 is 2.17 bits per heavy atom. The predicted octanol–water partition coefficient (Wildman–Crippen LogP) is 1.24. The first kappa shape index (κ1) is 14.1.